The maximum Gasteiger partial charge on any atom is 0.317 e. The molecule has 1 aliphatic heterocycles. The van der Waals surface area contributed by atoms with Crippen molar-refractivity contribution in [3.05, 3.63) is 42.7 Å². The number of H-pyrrole nitrogens is 1. The zero-order chi connectivity index (χ0) is 15.4. The molecule has 2 amide bonds. The molecule has 0 spiro atoms. The van der Waals surface area contributed by atoms with E-state index in [9.17, 15) is 4.79 Å². The number of aromatic nitrogens is 3. The molecular formula is C15H22N6O. The third-order valence-electron chi connectivity index (χ3n) is 4.08. The molecule has 7 nitrogen and oxygen atoms in total. The lowest BCUT2D eigenvalue weighted by Gasteiger charge is -2.38. The van der Waals surface area contributed by atoms with Crippen LogP contribution in [-0.4, -0.2) is 63.6 Å². The van der Waals surface area contributed by atoms with Crippen molar-refractivity contribution >= 4 is 6.03 Å². The van der Waals surface area contributed by atoms with Gasteiger partial charge in [-0.15, -0.1) is 0 Å². The summed E-state index contributed by atoms with van der Waals surface area (Å²) in [6, 6.07) is 4.09. The van der Waals surface area contributed by atoms with E-state index in [1.165, 1.54) is 0 Å². The largest absolute Gasteiger partial charge is 0.353 e. The molecule has 2 aromatic heterocycles. The third-order valence-corrected chi connectivity index (χ3v) is 4.08. The fourth-order valence-electron chi connectivity index (χ4n) is 2.74. The van der Waals surface area contributed by atoms with Gasteiger partial charge in [-0.1, -0.05) is 0 Å². The minimum Gasteiger partial charge on any atom is -0.353 e. The van der Waals surface area contributed by atoms with Gasteiger partial charge in [0.05, 0.1) is 6.04 Å². The number of nitrogens with zero attached hydrogens (tertiary/aromatic N) is 4. The molecule has 3 heterocycles. The van der Waals surface area contributed by atoms with Gasteiger partial charge in [-0.05, 0) is 19.2 Å². The van der Waals surface area contributed by atoms with Crippen molar-refractivity contribution in [2.45, 2.75) is 12.6 Å². The van der Waals surface area contributed by atoms with Crippen LogP contribution in [0.2, 0.25) is 0 Å². The summed E-state index contributed by atoms with van der Waals surface area (Å²) >= 11 is 0. The topological polar surface area (TPSA) is 69.2 Å². The number of imidazole rings is 1. The van der Waals surface area contributed by atoms with Crippen LogP contribution in [0, 0.1) is 0 Å². The van der Waals surface area contributed by atoms with Gasteiger partial charge in [-0.3, -0.25) is 4.90 Å². The summed E-state index contributed by atoms with van der Waals surface area (Å²) in [6.45, 7) is 3.65. The number of aromatic amines is 1. The predicted octanol–water partition coefficient (Wildman–Crippen LogP) is 0.909. The Morgan fingerprint density at radius 3 is 2.95 bits per heavy atom. The van der Waals surface area contributed by atoms with Gasteiger partial charge in [-0.2, -0.15) is 0 Å². The van der Waals surface area contributed by atoms with Gasteiger partial charge in [0.15, 0.2) is 0 Å². The Hall–Kier alpha value is -2.28. The van der Waals surface area contributed by atoms with E-state index in [0.717, 1.165) is 25.5 Å². The number of urea groups is 1. The fraction of sp³-hybridized carbons (Fsp3) is 0.467. The molecular weight excluding hydrogens is 280 g/mol. The number of amides is 2. The molecule has 3 rings (SSSR count). The van der Waals surface area contributed by atoms with Crippen LogP contribution in [0.4, 0.5) is 4.79 Å². The van der Waals surface area contributed by atoms with E-state index in [2.05, 4.69) is 31.8 Å². The third kappa shape index (κ3) is 3.30. The van der Waals surface area contributed by atoms with Crippen LogP contribution >= 0.6 is 0 Å². The highest BCUT2D eigenvalue weighted by molar-refractivity contribution is 5.74. The number of hydrogen-bond donors (Lipinski definition) is 2. The van der Waals surface area contributed by atoms with E-state index >= 15 is 0 Å². The first kappa shape index (κ1) is 14.6. The molecule has 118 valence electrons. The summed E-state index contributed by atoms with van der Waals surface area (Å²) < 4.78 is 2.05. The molecule has 7 heteroatoms. The second kappa shape index (κ2) is 6.65. The monoisotopic (exact) mass is 302 g/mol. The number of carbonyl (C=O) groups is 1. The lowest BCUT2D eigenvalue weighted by molar-refractivity contribution is 0.106. The van der Waals surface area contributed by atoms with Crippen LogP contribution in [0.15, 0.2) is 36.9 Å². The van der Waals surface area contributed by atoms with Crippen LogP contribution in [0.25, 0.3) is 0 Å². The average molecular weight is 302 g/mol. The van der Waals surface area contributed by atoms with Crippen LogP contribution in [0.3, 0.4) is 0 Å². The van der Waals surface area contributed by atoms with Gasteiger partial charge in [0.1, 0.15) is 5.82 Å². The summed E-state index contributed by atoms with van der Waals surface area (Å²) in [5, 5.41) is 2.99. The first-order valence-corrected chi connectivity index (χ1v) is 7.57. The standard InChI is InChI=1S/C15H22N6O/c1-19-10-11-21(12-13(19)14-16-4-5-17-14)15(22)18-6-9-20-7-2-3-8-20/h2-5,7-8,13H,6,9-12H2,1H3,(H,16,17)(H,18,22). The lowest BCUT2D eigenvalue weighted by Crippen LogP contribution is -2.52. The summed E-state index contributed by atoms with van der Waals surface area (Å²) in [4.78, 5) is 23.9. The molecule has 22 heavy (non-hydrogen) atoms. The highest BCUT2D eigenvalue weighted by Crippen LogP contribution is 2.20. The van der Waals surface area contributed by atoms with Crippen LogP contribution in [-0.2, 0) is 6.54 Å². The van der Waals surface area contributed by atoms with Crippen molar-refractivity contribution in [3.8, 4) is 0 Å². The van der Waals surface area contributed by atoms with Crippen LogP contribution < -0.4 is 5.32 Å². The number of carbonyl (C=O) groups excluding carboxylic acids is 1. The summed E-state index contributed by atoms with van der Waals surface area (Å²) in [5.41, 5.74) is 0. The van der Waals surface area contributed by atoms with E-state index < -0.39 is 0 Å². The van der Waals surface area contributed by atoms with E-state index in [-0.39, 0.29) is 12.1 Å². The second-order valence-electron chi connectivity index (χ2n) is 5.57. The Kier molecular flexibility index (Phi) is 4.43. The van der Waals surface area contributed by atoms with E-state index in [1.807, 2.05) is 35.6 Å². The zero-order valence-electron chi connectivity index (χ0n) is 12.8. The first-order valence-electron chi connectivity index (χ1n) is 7.57. The van der Waals surface area contributed by atoms with Crippen molar-refractivity contribution in [2.24, 2.45) is 0 Å². The number of piperazine rings is 1. The lowest BCUT2D eigenvalue weighted by atomic mass is 10.1. The Labute approximate surface area is 129 Å². The molecule has 0 radical (unpaired) electrons. The van der Waals surface area contributed by atoms with Crippen LogP contribution in [0.1, 0.15) is 11.9 Å². The molecule has 0 bridgehead atoms. The molecule has 1 fully saturated rings. The molecule has 1 aliphatic rings. The quantitative estimate of drug-likeness (QED) is 0.882. The zero-order valence-corrected chi connectivity index (χ0v) is 12.8. The Morgan fingerprint density at radius 1 is 1.41 bits per heavy atom. The number of rotatable bonds is 4. The van der Waals surface area contributed by atoms with Crippen LogP contribution in [0.5, 0.6) is 0 Å². The highest BCUT2D eigenvalue weighted by Gasteiger charge is 2.29. The maximum absolute atomic E-state index is 12.3. The summed E-state index contributed by atoms with van der Waals surface area (Å²) in [5.74, 6) is 0.910. The van der Waals surface area contributed by atoms with E-state index in [1.54, 1.807) is 6.20 Å². The minimum atomic E-state index is -0.00295. The smallest absolute Gasteiger partial charge is 0.317 e. The molecule has 1 saturated heterocycles. The van der Waals surface area contributed by atoms with Gasteiger partial charge >= 0.3 is 6.03 Å². The minimum absolute atomic E-state index is 0.00295. The number of nitrogens with one attached hydrogen (secondary N) is 2. The van der Waals surface area contributed by atoms with Crippen molar-refractivity contribution in [1.29, 1.82) is 0 Å². The predicted molar refractivity (Wildman–Crippen MR) is 83.4 cm³/mol. The molecule has 1 atom stereocenters. The van der Waals surface area contributed by atoms with Gasteiger partial charge < -0.3 is 19.8 Å². The Morgan fingerprint density at radius 2 is 2.23 bits per heavy atom. The SMILES string of the molecule is CN1CCN(C(=O)NCCn2cccc2)CC1c1ncc[nH]1. The van der Waals surface area contributed by atoms with Crippen molar-refractivity contribution in [1.82, 2.24) is 29.7 Å². The van der Waals surface area contributed by atoms with E-state index in [4.69, 9.17) is 0 Å². The van der Waals surface area contributed by atoms with Gasteiger partial charge in [0.2, 0.25) is 0 Å². The van der Waals surface area contributed by atoms with Gasteiger partial charge in [0.25, 0.3) is 0 Å². The molecule has 0 aromatic carbocycles. The Balaban J connectivity index is 1.52. The fourth-order valence-corrected chi connectivity index (χ4v) is 2.74. The maximum atomic E-state index is 12.3. The van der Waals surface area contributed by atoms with Crippen molar-refractivity contribution < 1.29 is 4.79 Å². The molecule has 2 aromatic rings. The van der Waals surface area contributed by atoms with E-state index in [0.29, 0.717) is 13.1 Å². The molecule has 2 N–H and O–H groups in total. The molecule has 0 saturated carbocycles. The highest BCUT2D eigenvalue weighted by atomic mass is 16.2. The summed E-state index contributed by atoms with van der Waals surface area (Å²) in [6.07, 6.45) is 7.56. The summed E-state index contributed by atoms with van der Waals surface area (Å²) in [7, 11) is 2.06. The molecule has 1 unspecified atom stereocenters. The van der Waals surface area contributed by atoms with Crippen molar-refractivity contribution in [2.75, 3.05) is 33.2 Å². The average Bonchev–Trinajstić information content (AvgIpc) is 3.21. The second-order valence-corrected chi connectivity index (χ2v) is 5.57. The van der Waals surface area contributed by atoms with Gasteiger partial charge in [-0.25, -0.2) is 9.78 Å². The van der Waals surface area contributed by atoms with Crippen molar-refractivity contribution in [3.63, 3.8) is 0 Å². The first-order chi connectivity index (χ1) is 10.7. The van der Waals surface area contributed by atoms with Gasteiger partial charge in [0, 0.05) is 57.5 Å². The Bertz CT molecular complexity index is 579. The molecule has 0 aliphatic carbocycles. The number of likely N-dealkylation sites (N-methyl/N-ethyl adjacent to an activating group) is 1. The normalized spacial score (nSPS) is 19.3. The number of hydrogen-bond acceptors (Lipinski definition) is 3.